The van der Waals surface area contributed by atoms with Crippen LogP contribution in [0.2, 0.25) is 0 Å². The number of hydrogen-bond acceptors (Lipinski definition) is 4. The third kappa shape index (κ3) is 3.70. The fraction of sp³-hybridized carbons (Fsp3) is 0.0256. The first-order chi connectivity index (χ1) is 21.8. The van der Waals surface area contributed by atoms with Crippen molar-refractivity contribution in [3.8, 4) is 17.2 Å². The van der Waals surface area contributed by atoms with Crippen molar-refractivity contribution in [1.82, 2.24) is 14.5 Å². The van der Waals surface area contributed by atoms with E-state index in [-0.39, 0.29) is 0 Å². The highest BCUT2D eigenvalue weighted by Crippen LogP contribution is 2.42. The molecular formula is C39H26N4S. The molecule has 0 radical (unpaired) electrons. The Labute approximate surface area is 257 Å². The molecule has 0 aliphatic rings. The Kier molecular flexibility index (Phi) is 5.55. The summed E-state index contributed by atoms with van der Waals surface area (Å²) in [5.74, 6) is 0.666. The summed E-state index contributed by atoms with van der Waals surface area (Å²) in [7, 11) is 0. The van der Waals surface area contributed by atoms with Crippen molar-refractivity contribution in [2.75, 3.05) is 11.9 Å². The molecule has 6 aromatic carbocycles. The highest BCUT2D eigenvalue weighted by atomic mass is 32.1. The van der Waals surface area contributed by atoms with Crippen LogP contribution in [0.15, 0.2) is 134 Å². The average molecular weight is 583 g/mol. The molecule has 0 fully saturated rings. The maximum Gasteiger partial charge on any atom is 0.235 e. The third-order valence-electron chi connectivity index (χ3n) is 8.56. The summed E-state index contributed by atoms with van der Waals surface area (Å²) in [5, 5.41) is 11.8. The first-order valence-corrected chi connectivity index (χ1v) is 15.6. The molecule has 208 valence electrons. The van der Waals surface area contributed by atoms with Gasteiger partial charge in [0, 0.05) is 54.1 Å². The number of hydrogen-bond donors (Lipinski definition) is 1. The molecule has 3 heterocycles. The van der Waals surface area contributed by atoms with E-state index in [0.717, 1.165) is 44.3 Å². The van der Waals surface area contributed by atoms with E-state index in [0.29, 0.717) is 12.5 Å². The maximum atomic E-state index is 5.42. The van der Waals surface area contributed by atoms with Crippen LogP contribution in [0.5, 0.6) is 0 Å². The third-order valence-corrected chi connectivity index (χ3v) is 9.78. The second-order valence-electron chi connectivity index (χ2n) is 11.1. The van der Waals surface area contributed by atoms with E-state index in [1.165, 1.54) is 36.3 Å². The van der Waals surface area contributed by atoms with Crippen molar-refractivity contribution >= 4 is 80.7 Å². The van der Waals surface area contributed by atoms with Gasteiger partial charge in [-0.05, 0) is 47.2 Å². The Bertz CT molecular complexity index is 2590. The SMILES string of the molecule is C=CCNc1ccc2c(c1)c1c3ccccc3ccc1n2-c1nc(-c2cccc3c2sc2ccccc23)c2ccccc2n1. The van der Waals surface area contributed by atoms with Gasteiger partial charge in [-0.15, -0.1) is 17.9 Å². The Morgan fingerprint density at radius 3 is 2.36 bits per heavy atom. The van der Waals surface area contributed by atoms with Crippen molar-refractivity contribution in [3.05, 3.63) is 134 Å². The normalized spacial score (nSPS) is 11.8. The highest BCUT2D eigenvalue weighted by Gasteiger charge is 2.20. The maximum absolute atomic E-state index is 5.42. The van der Waals surface area contributed by atoms with E-state index in [1.54, 1.807) is 0 Å². The minimum Gasteiger partial charge on any atom is -0.382 e. The molecule has 0 atom stereocenters. The van der Waals surface area contributed by atoms with Crippen molar-refractivity contribution < 1.29 is 0 Å². The number of anilines is 1. The van der Waals surface area contributed by atoms with Crippen molar-refractivity contribution in [2.45, 2.75) is 0 Å². The lowest BCUT2D eigenvalue weighted by atomic mass is 10.0. The van der Waals surface area contributed by atoms with Crippen molar-refractivity contribution in [2.24, 2.45) is 0 Å². The molecule has 0 aliphatic heterocycles. The summed E-state index contributed by atoms with van der Waals surface area (Å²) in [4.78, 5) is 10.6. The Hall–Kier alpha value is -5.52. The quantitative estimate of drug-likeness (QED) is 0.205. The number of benzene rings is 6. The zero-order valence-electron chi connectivity index (χ0n) is 23.8. The number of nitrogens with zero attached hydrogens (tertiary/aromatic N) is 3. The Morgan fingerprint density at radius 1 is 0.682 bits per heavy atom. The minimum atomic E-state index is 0.666. The molecule has 4 nitrogen and oxygen atoms in total. The zero-order valence-corrected chi connectivity index (χ0v) is 24.6. The molecule has 9 rings (SSSR count). The van der Waals surface area contributed by atoms with Gasteiger partial charge in [0.25, 0.3) is 0 Å². The molecule has 0 unspecified atom stereocenters. The van der Waals surface area contributed by atoms with Crippen LogP contribution in [0.1, 0.15) is 0 Å². The molecule has 44 heavy (non-hydrogen) atoms. The van der Waals surface area contributed by atoms with E-state index in [1.807, 2.05) is 17.4 Å². The van der Waals surface area contributed by atoms with Crippen LogP contribution in [0, 0.1) is 0 Å². The van der Waals surface area contributed by atoms with E-state index in [4.69, 9.17) is 9.97 Å². The van der Waals surface area contributed by atoms with Crippen molar-refractivity contribution in [3.63, 3.8) is 0 Å². The van der Waals surface area contributed by atoms with Gasteiger partial charge in [-0.3, -0.25) is 4.57 Å². The lowest BCUT2D eigenvalue weighted by Crippen LogP contribution is -2.03. The van der Waals surface area contributed by atoms with Gasteiger partial charge in [-0.25, -0.2) is 9.97 Å². The molecule has 0 saturated carbocycles. The molecule has 0 spiro atoms. The fourth-order valence-corrected chi connectivity index (χ4v) is 7.83. The number of nitrogens with one attached hydrogen (secondary N) is 1. The summed E-state index contributed by atoms with van der Waals surface area (Å²) < 4.78 is 4.76. The number of thiophene rings is 1. The summed E-state index contributed by atoms with van der Waals surface area (Å²) in [6.45, 7) is 4.58. The van der Waals surface area contributed by atoms with Crippen LogP contribution in [-0.2, 0) is 0 Å². The Morgan fingerprint density at radius 2 is 1.45 bits per heavy atom. The smallest absolute Gasteiger partial charge is 0.235 e. The summed E-state index contributed by atoms with van der Waals surface area (Å²) >= 11 is 1.83. The van der Waals surface area contributed by atoms with E-state index in [9.17, 15) is 0 Å². The number of fused-ring (bicyclic) bond motifs is 9. The molecule has 0 saturated heterocycles. The molecule has 0 bridgehead atoms. The van der Waals surface area contributed by atoms with Gasteiger partial charge in [0.15, 0.2) is 0 Å². The molecule has 0 amide bonds. The standard InChI is InChI=1S/C39H26N4S/c1-2-22-40-25-19-21-33-31(23-25)36-26-11-4-3-10-24(26)18-20-34(36)43(33)39-41-32-16-7-5-13-29(32)37(42-39)30-15-9-14-28-27-12-6-8-17-35(27)44-38(28)30/h2-21,23,40H,1,22H2. The highest BCUT2D eigenvalue weighted by molar-refractivity contribution is 7.26. The second-order valence-corrected chi connectivity index (χ2v) is 12.1. The first kappa shape index (κ1) is 25.0. The van der Waals surface area contributed by atoms with E-state index in [2.05, 4.69) is 138 Å². The van der Waals surface area contributed by atoms with E-state index < -0.39 is 0 Å². The molecule has 9 aromatic rings. The predicted octanol–water partition coefficient (Wildman–Crippen LogP) is 10.5. The van der Waals surface area contributed by atoms with Crippen LogP contribution < -0.4 is 5.32 Å². The molecular weight excluding hydrogens is 557 g/mol. The molecule has 5 heteroatoms. The van der Waals surface area contributed by atoms with Crippen LogP contribution in [0.4, 0.5) is 5.69 Å². The van der Waals surface area contributed by atoms with Crippen LogP contribution in [0.25, 0.3) is 80.9 Å². The number of rotatable bonds is 5. The monoisotopic (exact) mass is 582 g/mol. The topological polar surface area (TPSA) is 42.7 Å². The average Bonchev–Trinajstić information content (AvgIpc) is 3.62. The van der Waals surface area contributed by atoms with Crippen LogP contribution >= 0.6 is 11.3 Å². The number of aromatic nitrogens is 3. The van der Waals surface area contributed by atoms with Crippen LogP contribution in [-0.4, -0.2) is 21.1 Å². The number of para-hydroxylation sites is 1. The first-order valence-electron chi connectivity index (χ1n) is 14.8. The van der Waals surface area contributed by atoms with Gasteiger partial charge in [0.2, 0.25) is 5.95 Å². The molecule has 1 N–H and O–H groups in total. The Balaban J connectivity index is 1.38. The second kappa shape index (κ2) is 9.76. The van der Waals surface area contributed by atoms with Crippen molar-refractivity contribution in [1.29, 1.82) is 0 Å². The largest absolute Gasteiger partial charge is 0.382 e. The van der Waals surface area contributed by atoms with Gasteiger partial charge < -0.3 is 5.32 Å². The zero-order chi connectivity index (χ0) is 29.2. The van der Waals surface area contributed by atoms with Crippen LogP contribution in [0.3, 0.4) is 0 Å². The predicted molar refractivity (Wildman–Crippen MR) is 188 cm³/mol. The molecule has 0 aliphatic carbocycles. The van der Waals surface area contributed by atoms with Gasteiger partial charge in [-0.2, -0.15) is 0 Å². The lowest BCUT2D eigenvalue weighted by Gasteiger charge is -2.12. The molecule has 3 aromatic heterocycles. The van der Waals surface area contributed by atoms with Gasteiger partial charge in [-0.1, -0.05) is 91.0 Å². The van der Waals surface area contributed by atoms with Gasteiger partial charge >= 0.3 is 0 Å². The van der Waals surface area contributed by atoms with Gasteiger partial charge in [0.05, 0.1) is 22.2 Å². The lowest BCUT2D eigenvalue weighted by molar-refractivity contribution is 1.01. The minimum absolute atomic E-state index is 0.666. The summed E-state index contributed by atoms with van der Waals surface area (Å²) in [6.07, 6.45) is 1.88. The van der Waals surface area contributed by atoms with Gasteiger partial charge in [0.1, 0.15) is 0 Å². The fourth-order valence-electron chi connectivity index (χ4n) is 6.61. The summed E-state index contributed by atoms with van der Waals surface area (Å²) in [6, 6.07) is 43.1. The summed E-state index contributed by atoms with van der Waals surface area (Å²) in [5.41, 5.74) is 6.21. The van der Waals surface area contributed by atoms with E-state index >= 15 is 0 Å².